The Morgan fingerprint density at radius 3 is 2.95 bits per heavy atom. The van der Waals surface area contributed by atoms with Crippen LogP contribution in [0.5, 0.6) is 0 Å². The van der Waals surface area contributed by atoms with Gasteiger partial charge in [-0.3, -0.25) is 9.69 Å². The van der Waals surface area contributed by atoms with Gasteiger partial charge in [0.25, 0.3) is 0 Å². The molecule has 0 radical (unpaired) electrons. The predicted molar refractivity (Wildman–Crippen MR) is 89.5 cm³/mol. The van der Waals surface area contributed by atoms with Crippen molar-refractivity contribution in [3.05, 3.63) is 12.3 Å². The molecule has 8 heteroatoms. The third-order valence-corrected chi connectivity index (χ3v) is 3.41. The number of aryl methyl sites for hydroxylation is 1. The van der Waals surface area contributed by atoms with Gasteiger partial charge in [-0.1, -0.05) is 6.92 Å². The Morgan fingerprint density at radius 2 is 2.29 bits per heavy atom. The maximum atomic E-state index is 12.1. The summed E-state index contributed by atoms with van der Waals surface area (Å²) in [5, 5.41) is 10.5. The Balaban J connectivity index is 0.00000200. The molecule has 1 aliphatic heterocycles. The maximum Gasteiger partial charge on any atom is 0.239 e. The van der Waals surface area contributed by atoms with E-state index < -0.39 is 0 Å². The van der Waals surface area contributed by atoms with Crippen LogP contribution in [0.15, 0.2) is 12.3 Å². The number of halogens is 2. The summed E-state index contributed by atoms with van der Waals surface area (Å²) in [6.45, 7) is 8.32. The molecule has 0 saturated carbocycles. The van der Waals surface area contributed by atoms with Crippen molar-refractivity contribution in [1.82, 2.24) is 20.0 Å². The van der Waals surface area contributed by atoms with Gasteiger partial charge in [0.2, 0.25) is 5.91 Å². The number of hydrogen-bond acceptors (Lipinski definition) is 4. The lowest BCUT2D eigenvalue weighted by atomic mass is 10.2. The van der Waals surface area contributed by atoms with Crippen molar-refractivity contribution in [2.45, 2.75) is 32.9 Å². The number of aromatic nitrogens is 2. The van der Waals surface area contributed by atoms with Gasteiger partial charge < -0.3 is 10.6 Å². The van der Waals surface area contributed by atoms with Crippen molar-refractivity contribution in [2.24, 2.45) is 0 Å². The zero-order valence-corrected chi connectivity index (χ0v) is 14.2. The quantitative estimate of drug-likeness (QED) is 0.851. The van der Waals surface area contributed by atoms with E-state index in [1.807, 2.05) is 10.7 Å². The largest absolute Gasteiger partial charge is 0.314 e. The highest BCUT2D eigenvalue weighted by Crippen LogP contribution is 2.08. The first-order chi connectivity index (χ1) is 9.20. The van der Waals surface area contributed by atoms with Gasteiger partial charge in [-0.25, -0.2) is 4.68 Å². The summed E-state index contributed by atoms with van der Waals surface area (Å²) in [4.78, 5) is 14.3. The van der Waals surface area contributed by atoms with E-state index in [4.69, 9.17) is 0 Å². The van der Waals surface area contributed by atoms with Crippen molar-refractivity contribution in [1.29, 1.82) is 0 Å². The number of nitrogens with zero attached hydrogens (tertiary/aromatic N) is 3. The number of carbonyl (C=O) groups is 1. The first-order valence-electron chi connectivity index (χ1n) is 6.97. The molecule has 1 aromatic heterocycles. The molecule has 1 atom stereocenters. The molecule has 1 aliphatic rings. The lowest BCUT2D eigenvalue weighted by Gasteiger charge is -2.33. The molecule has 0 bridgehead atoms. The molecule has 0 aromatic carbocycles. The number of piperazine rings is 1. The normalized spacial score (nSPS) is 18.5. The Morgan fingerprint density at radius 1 is 1.52 bits per heavy atom. The molecular weight excluding hydrogens is 313 g/mol. The minimum absolute atomic E-state index is 0. The van der Waals surface area contributed by atoms with Crippen molar-refractivity contribution in [3.8, 4) is 0 Å². The number of anilines is 1. The number of carbonyl (C=O) groups excluding carboxylic acids is 1. The van der Waals surface area contributed by atoms with E-state index >= 15 is 0 Å². The fraction of sp³-hybridized carbons (Fsp3) is 0.692. The zero-order valence-electron chi connectivity index (χ0n) is 12.5. The predicted octanol–water partition coefficient (Wildman–Crippen LogP) is 1.37. The van der Waals surface area contributed by atoms with Crippen molar-refractivity contribution < 1.29 is 4.79 Å². The van der Waals surface area contributed by atoms with Crippen molar-refractivity contribution in [2.75, 3.05) is 31.5 Å². The third-order valence-electron chi connectivity index (χ3n) is 3.41. The van der Waals surface area contributed by atoms with Gasteiger partial charge in [-0.2, -0.15) is 5.10 Å². The second-order valence-electron chi connectivity index (χ2n) is 5.01. The van der Waals surface area contributed by atoms with Crippen molar-refractivity contribution in [3.63, 3.8) is 0 Å². The topological polar surface area (TPSA) is 62.2 Å². The molecule has 122 valence electrons. The minimum Gasteiger partial charge on any atom is -0.314 e. The zero-order chi connectivity index (χ0) is 13.7. The molecule has 0 unspecified atom stereocenters. The van der Waals surface area contributed by atoms with E-state index in [9.17, 15) is 4.79 Å². The molecule has 1 fully saturated rings. The molecule has 1 aromatic rings. The average molecular weight is 338 g/mol. The molecule has 2 rings (SSSR count). The molecule has 21 heavy (non-hydrogen) atoms. The number of hydrogen-bond donors (Lipinski definition) is 2. The summed E-state index contributed by atoms with van der Waals surface area (Å²) in [5.74, 6) is 0.821. The van der Waals surface area contributed by atoms with E-state index in [-0.39, 0.29) is 30.7 Å². The Labute approximate surface area is 138 Å². The van der Waals surface area contributed by atoms with Crippen LogP contribution in [0.2, 0.25) is 0 Å². The Bertz CT molecular complexity index is 426. The molecule has 6 nitrogen and oxygen atoms in total. The fourth-order valence-corrected chi connectivity index (χ4v) is 2.31. The molecule has 0 spiro atoms. The van der Waals surface area contributed by atoms with Crippen LogP contribution in [-0.4, -0.2) is 52.8 Å². The van der Waals surface area contributed by atoms with Crippen LogP contribution >= 0.6 is 24.8 Å². The summed E-state index contributed by atoms with van der Waals surface area (Å²) in [5.41, 5.74) is 0. The molecular formula is C13H25Cl2N5O. The van der Waals surface area contributed by atoms with E-state index in [0.29, 0.717) is 12.6 Å². The van der Waals surface area contributed by atoms with E-state index in [2.05, 4.69) is 34.5 Å². The van der Waals surface area contributed by atoms with Crippen LogP contribution in [0.25, 0.3) is 0 Å². The molecule has 2 N–H and O–H groups in total. The Hall–Kier alpha value is -0.820. The van der Waals surface area contributed by atoms with Crippen molar-refractivity contribution >= 4 is 36.5 Å². The Kier molecular flexibility index (Phi) is 9.61. The van der Waals surface area contributed by atoms with Gasteiger partial charge in [0.05, 0.1) is 12.7 Å². The summed E-state index contributed by atoms with van der Waals surface area (Å²) >= 11 is 0. The molecule has 1 saturated heterocycles. The van der Waals surface area contributed by atoms with Gasteiger partial charge in [-0.05, 0) is 13.3 Å². The lowest BCUT2D eigenvalue weighted by Crippen LogP contribution is -2.52. The number of amides is 1. The smallest absolute Gasteiger partial charge is 0.239 e. The van der Waals surface area contributed by atoms with Crippen LogP contribution in [-0.2, 0) is 11.3 Å². The first kappa shape index (κ1) is 20.2. The van der Waals surface area contributed by atoms with E-state index in [1.165, 1.54) is 0 Å². The van der Waals surface area contributed by atoms with Gasteiger partial charge in [-0.15, -0.1) is 24.8 Å². The highest BCUT2D eigenvalue weighted by atomic mass is 35.5. The molecule has 1 amide bonds. The van der Waals surface area contributed by atoms with Gasteiger partial charge in [0, 0.05) is 38.3 Å². The van der Waals surface area contributed by atoms with Gasteiger partial charge >= 0.3 is 0 Å². The monoisotopic (exact) mass is 337 g/mol. The van der Waals surface area contributed by atoms with Crippen LogP contribution in [0.4, 0.5) is 5.82 Å². The van der Waals surface area contributed by atoms with Crippen LogP contribution in [0.3, 0.4) is 0 Å². The highest BCUT2D eigenvalue weighted by molar-refractivity contribution is 5.91. The third kappa shape index (κ3) is 5.82. The number of rotatable bonds is 5. The first-order valence-corrected chi connectivity index (χ1v) is 6.97. The van der Waals surface area contributed by atoms with Crippen LogP contribution in [0.1, 0.15) is 20.3 Å². The second kappa shape index (κ2) is 10.00. The summed E-state index contributed by atoms with van der Waals surface area (Å²) in [7, 11) is 0. The number of nitrogens with one attached hydrogen (secondary N) is 2. The highest BCUT2D eigenvalue weighted by Gasteiger charge is 2.20. The minimum atomic E-state index is 0. The van der Waals surface area contributed by atoms with E-state index in [1.54, 1.807) is 6.20 Å². The van der Waals surface area contributed by atoms with Gasteiger partial charge in [0.15, 0.2) is 0 Å². The summed E-state index contributed by atoms with van der Waals surface area (Å²) < 4.78 is 1.83. The SMILES string of the molecule is CCCn1nccc1NC(=O)CN1CCNC[C@@H]1C.Cl.Cl. The van der Waals surface area contributed by atoms with E-state index in [0.717, 1.165) is 38.4 Å². The summed E-state index contributed by atoms with van der Waals surface area (Å²) in [6, 6.07) is 2.24. The molecule has 0 aliphatic carbocycles. The van der Waals surface area contributed by atoms with Crippen LogP contribution in [0, 0.1) is 0 Å². The average Bonchev–Trinajstić information content (AvgIpc) is 2.80. The standard InChI is InChI=1S/C13H23N5O.2ClH/c1-3-7-18-12(4-5-15-18)16-13(19)10-17-8-6-14-9-11(17)2;;/h4-5,11,14H,3,6-10H2,1-2H3,(H,16,19);2*1H/t11-;;/m0../s1. The second-order valence-corrected chi connectivity index (χ2v) is 5.01. The van der Waals surface area contributed by atoms with Crippen LogP contribution < -0.4 is 10.6 Å². The molecule has 2 heterocycles. The fourth-order valence-electron chi connectivity index (χ4n) is 2.31. The van der Waals surface area contributed by atoms with Gasteiger partial charge in [0.1, 0.15) is 5.82 Å². The lowest BCUT2D eigenvalue weighted by molar-refractivity contribution is -0.118. The summed E-state index contributed by atoms with van der Waals surface area (Å²) in [6.07, 6.45) is 2.72. The maximum absolute atomic E-state index is 12.1.